The molecule has 5 heteroatoms. The van der Waals surface area contributed by atoms with Crippen LogP contribution in [0.25, 0.3) is 0 Å². The number of benzene rings is 2. The fourth-order valence-electron chi connectivity index (χ4n) is 2.69. The molecule has 26 heavy (non-hydrogen) atoms. The molecule has 1 atom stereocenters. The number of ether oxygens (including phenoxy) is 1. The van der Waals surface area contributed by atoms with Gasteiger partial charge in [-0.05, 0) is 44.9 Å². The second kappa shape index (κ2) is 8.94. The predicted octanol–water partition coefficient (Wildman–Crippen LogP) is 2.78. The van der Waals surface area contributed by atoms with Crippen molar-refractivity contribution in [3.05, 3.63) is 70.8 Å². The zero-order chi connectivity index (χ0) is 19.1. The molecule has 5 nitrogen and oxygen atoms in total. The Kier molecular flexibility index (Phi) is 6.67. The number of amides is 1. The second-order valence-corrected chi connectivity index (χ2v) is 6.37. The van der Waals surface area contributed by atoms with E-state index in [0.29, 0.717) is 12.0 Å². The van der Waals surface area contributed by atoms with Crippen LogP contribution in [-0.4, -0.2) is 30.3 Å². The van der Waals surface area contributed by atoms with Crippen LogP contribution in [0, 0.1) is 13.8 Å². The number of hydrogen-bond donors (Lipinski definition) is 1. The van der Waals surface area contributed by atoms with E-state index in [1.54, 1.807) is 12.1 Å². The molecule has 0 aliphatic heterocycles. The molecular formula is C21H23NO4. The minimum atomic E-state index is -0.648. The van der Waals surface area contributed by atoms with Crippen LogP contribution < -0.4 is 5.32 Å². The molecule has 0 spiro atoms. The first-order valence-electron chi connectivity index (χ1n) is 8.44. The van der Waals surface area contributed by atoms with Crippen molar-refractivity contribution < 1.29 is 19.1 Å². The third-order valence-electron chi connectivity index (χ3n) is 3.90. The molecule has 0 fully saturated rings. The van der Waals surface area contributed by atoms with Crippen LogP contribution in [-0.2, 0) is 20.7 Å². The zero-order valence-electron chi connectivity index (χ0n) is 15.2. The Morgan fingerprint density at radius 2 is 1.62 bits per heavy atom. The highest BCUT2D eigenvalue weighted by molar-refractivity contribution is 5.93. The summed E-state index contributed by atoms with van der Waals surface area (Å²) < 4.78 is 5.07. The molecule has 0 aromatic heterocycles. The number of aryl methyl sites for hydroxylation is 2. The maximum absolute atomic E-state index is 12.1. The van der Waals surface area contributed by atoms with Crippen LogP contribution in [0.1, 0.15) is 34.0 Å². The molecule has 1 N–H and O–H groups in total. The van der Waals surface area contributed by atoms with E-state index in [1.807, 2.05) is 50.2 Å². The summed E-state index contributed by atoms with van der Waals surface area (Å²) in [7, 11) is 0. The summed E-state index contributed by atoms with van der Waals surface area (Å²) in [5.74, 6) is -1.21. The number of nitrogens with one attached hydrogen (secondary N) is 1. The summed E-state index contributed by atoms with van der Waals surface area (Å²) in [6.45, 7) is 4.77. The van der Waals surface area contributed by atoms with Crippen molar-refractivity contribution in [3.63, 3.8) is 0 Å². The van der Waals surface area contributed by atoms with E-state index >= 15 is 0 Å². The van der Waals surface area contributed by atoms with Crippen LogP contribution in [0.15, 0.2) is 48.5 Å². The first-order chi connectivity index (χ1) is 12.3. The molecule has 2 aromatic carbocycles. The van der Waals surface area contributed by atoms with E-state index in [1.165, 1.54) is 6.92 Å². The lowest BCUT2D eigenvalue weighted by Crippen LogP contribution is -2.43. The third kappa shape index (κ3) is 5.84. The van der Waals surface area contributed by atoms with Crippen LogP contribution in [0.5, 0.6) is 0 Å². The highest BCUT2D eigenvalue weighted by atomic mass is 16.5. The maximum atomic E-state index is 12.1. The lowest BCUT2D eigenvalue weighted by molar-refractivity contribution is -0.128. The molecule has 0 saturated carbocycles. The molecule has 2 rings (SSSR count). The van der Waals surface area contributed by atoms with Crippen molar-refractivity contribution in [2.75, 3.05) is 6.61 Å². The summed E-state index contributed by atoms with van der Waals surface area (Å²) in [6, 6.07) is 14.1. The summed E-state index contributed by atoms with van der Waals surface area (Å²) in [6.07, 6.45) is 0.396. The van der Waals surface area contributed by atoms with Gasteiger partial charge in [0.05, 0.1) is 11.6 Å². The van der Waals surface area contributed by atoms with Gasteiger partial charge in [0.15, 0.2) is 12.4 Å². The van der Waals surface area contributed by atoms with Gasteiger partial charge in [-0.3, -0.25) is 9.59 Å². The van der Waals surface area contributed by atoms with Crippen LogP contribution >= 0.6 is 0 Å². The number of hydrogen-bond acceptors (Lipinski definition) is 4. The fourth-order valence-corrected chi connectivity index (χ4v) is 2.69. The standard InChI is InChI=1S/C21H23NO4/c1-14-9-15(2)11-18(10-14)21(25)26-13-20(24)22-19(16(3)23)12-17-7-5-4-6-8-17/h4-11,19H,12-13H2,1-3H3,(H,22,24)/t19-/m1/s1. The molecule has 2 aromatic rings. The molecule has 136 valence electrons. The van der Waals surface area contributed by atoms with Gasteiger partial charge in [0, 0.05) is 0 Å². The molecule has 1 amide bonds. The zero-order valence-corrected chi connectivity index (χ0v) is 15.2. The molecule has 0 heterocycles. The first kappa shape index (κ1) is 19.4. The number of carbonyl (C=O) groups excluding carboxylic acids is 3. The number of esters is 1. The van der Waals surface area contributed by atoms with Gasteiger partial charge in [-0.15, -0.1) is 0 Å². The van der Waals surface area contributed by atoms with Crippen molar-refractivity contribution in [1.29, 1.82) is 0 Å². The average molecular weight is 353 g/mol. The topological polar surface area (TPSA) is 72.5 Å². The monoisotopic (exact) mass is 353 g/mol. The Bertz CT molecular complexity index is 779. The second-order valence-electron chi connectivity index (χ2n) is 6.37. The normalized spacial score (nSPS) is 11.5. The molecule has 0 aliphatic rings. The van der Waals surface area contributed by atoms with Gasteiger partial charge in [-0.2, -0.15) is 0 Å². The number of ketones is 1. The van der Waals surface area contributed by atoms with E-state index in [0.717, 1.165) is 16.7 Å². The Morgan fingerprint density at radius 1 is 1.00 bits per heavy atom. The number of rotatable bonds is 7. The minimum absolute atomic E-state index is 0.150. The van der Waals surface area contributed by atoms with Gasteiger partial charge in [-0.25, -0.2) is 4.79 Å². The predicted molar refractivity (Wildman–Crippen MR) is 99.0 cm³/mol. The van der Waals surface area contributed by atoms with Gasteiger partial charge in [0.1, 0.15) is 0 Å². The third-order valence-corrected chi connectivity index (χ3v) is 3.90. The SMILES string of the molecule is CC(=O)[C@@H](Cc1ccccc1)NC(=O)COC(=O)c1cc(C)cc(C)c1. The highest BCUT2D eigenvalue weighted by Gasteiger charge is 2.19. The Labute approximate surface area is 153 Å². The molecule has 0 saturated heterocycles. The molecule has 0 unspecified atom stereocenters. The molecule has 0 bridgehead atoms. The van der Waals surface area contributed by atoms with E-state index in [-0.39, 0.29) is 5.78 Å². The van der Waals surface area contributed by atoms with E-state index < -0.39 is 24.5 Å². The van der Waals surface area contributed by atoms with Gasteiger partial charge in [-0.1, -0.05) is 47.5 Å². The van der Waals surface area contributed by atoms with Gasteiger partial charge >= 0.3 is 5.97 Å². The summed E-state index contributed by atoms with van der Waals surface area (Å²) in [4.78, 5) is 36.0. The lowest BCUT2D eigenvalue weighted by Gasteiger charge is -2.16. The smallest absolute Gasteiger partial charge is 0.338 e. The van der Waals surface area contributed by atoms with Gasteiger partial charge in [0.2, 0.25) is 0 Å². The van der Waals surface area contributed by atoms with Crippen molar-refractivity contribution in [2.45, 2.75) is 33.2 Å². The Morgan fingerprint density at radius 3 is 2.19 bits per heavy atom. The van der Waals surface area contributed by atoms with Crippen molar-refractivity contribution in [1.82, 2.24) is 5.32 Å². The van der Waals surface area contributed by atoms with Crippen LogP contribution in [0.2, 0.25) is 0 Å². The number of carbonyl (C=O) groups is 3. The Balaban J connectivity index is 1.91. The van der Waals surface area contributed by atoms with Crippen LogP contribution in [0.3, 0.4) is 0 Å². The quantitative estimate of drug-likeness (QED) is 0.777. The molecule has 0 radical (unpaired) electrons. The number of Topliss-reactive ketones (excluding diaryl/α,β-unsaturated/α-hetero) is 1. The molecular weight excluding hydrogens is 330 g/mol. The largest absolute Gasteiger partial charge is 0.452 e. The van der Waals surface area contributed by atoms with Gasteiger partial charge < -0.3 is 10.1 Å². The Hall–Kier alpha value is -2.95. The van der Waals surface area contributed by atoms with E-state index in [2.05, 4.69) is 5.32 Å². The summed E-state index contributed by atoms with van der Waals surface area (Å²) >= 11 is 0. The minimum Gasteiger partial charge on any atom is -0.452 e. The van der Waals surface area contributed by atoms with Gasteiger partial charge in [0.25, 0.3) is 5.91 Å². The maximum Gasteiger partial charge on any atom is 0.338 e. The van der Waals surface area contributed by atoms with E-state index in [4.69, 9.17) is 4.74 Å². The lowest BCUT2D eigenvalue weighted by atomic mass is 10.0. The molecule has 0 aliphatic carbocycles. The van der Waals surface area contributed by atoms with E-state index in [9.17, 15) is 14.4 Å². The summed E-state index contributed by atoms with van der Waals surface area (Å²) in [5.41, 5.74) is 3.24. The van der Waals surface area contributed by atoms with Crippen molar-refractivity contribution in [2.24, 2.45) is 0 Å². The summed E-state index contributed by atoms with van der Waals surface area (Å²) in [5, 5.41) is 2.63. The highest BCUT2D eigenvalue weighted by Crippen LogP contribution is 2.10. The van der Waals surface area contributed by atoms with Crippen LogP contribution in [0.4, 0.5) is 0 Å². The first-order valence-corrected chi connectivity index (χ1v) is 8.44. The fraction of sp³-hybridized carbons (Fsp3) is 0.286. The van der Waals surface area contributed by atoms with Crippen molar-refractivity contribution in [3.8, 4) is 0 Å². The average Bonchev–Trinajstić information content (AvgIpc) is 2.59. The van der Waals surface area contributed by atoms with Crippen molar-refractivity contribution >= 4 is 17.7 Å².